The van der Waals surface area contributed by atoms with Crippen molar-refractivity contribution in [3.8, 4) is 34.4 Å². The summed E-state index contributed by atoms with van der Waals surface area (Å²) in [5.74, 6) is 2.26. The van der Waals surface area contributed by atoms with Gasteiger partial charge in [0.15, 0.2) is 6.61 Å². The standard InChI is InChI=1S/C26H23N3O4/c1-2-31-26-17-16-24(28-29-26)19-8-10-20(11-9-19)27-25(30)18-32-21-12-14-23(15-13-21)33-22-6-4-3-5-7-22/h3-17H,2,18H2,1H3,(H,27,30). The van der Waals surface area contributed by atoms with Gasteiger partial charge in [-0.1, -0.05) is 30.3 Å². The Morgan fingerprint density at radius 3 is 2.12 bits per heavy atom. The van der Waals surface area contributed by atoms with Crippen LogP contribution in [0.3, 0.4) is 0 Å². The zero-order chi connectivity index (χ0) is 22.9. The van der Waals surface area contributed by atoms with Crippen molar-refractivity contribution in [2.45, 2.75) is 6.92 Å². The van der Waals surface area contributed by atoms with Crippen LogP contribution >= 0.6 is 0 Å². The molecule has 3 aromatic carbocycles. The summed E-state index contributed by atoms with van der Waals surface area (Å²) in [4.78, 5) is 12.3. The third-order valence-electron chi connectivity index (χ3n) is 4.57. The second-order valence-electron chi connectivity index (χ2n) is 6.99. The summed E-state index contributed by atoms with van der Waals surface area (Å²) in [6.45, 7) is 2.33. The minimum absolute atomic E-state index is 0.106. The Balaban J connectivity index is 1.26. The van der Waals surface area contributed by atoms with Crippen LogP contribution in [-0.2, 0) is 4.79 Å². The fraction of sp³-hybridized carbons (Fsp3) is 0.115. The predicted octanol–water partition coefficient (Wildman–Crippen LogP) is 5.35. The fourth-order valence-corrected chi connectivity index (χ4v) is 3.00. The van der Waals surface area contributed by atoms with Crippen molar-refractivity contribution < 1.29 is 19.0 Å². The van der Waals surface area contributed by atoms with Crippen LogP contribution in [0.1, 0.15) is 6.92 Å². The van der Waals surface area contributed by atoms with Gasteiger partial charge in [0, 0.05) is 17.3 Å². The molecule has 0 spiro atoms. The van der Waals surface area contributed by atoms with Crippen LogP contribution in [0.5, 0.6) is 23.1 Å². The van der Waals surface area contributed by atoms with E-state index < -0.39 is 0 Å². The molecule has 33 heavy (non-hydrogen) atoms. The zero-order valence-electron chi connectivity index (χ0n) is 18.1. The van der Waals surface area contributed by atoms with Gasteiger partial charge >= 0.3 is 0 Å². The summed E-state index contributed by atoms with van der Waals surface area (Å²) in [6, 6.07) is 27.6. The largest absolute Gasteiger partial charge is 0.484 e. The first-order valence-corrected chi connectivity index (χ1v) is 10.5. The number of carbonyl (C=O) groups excluding carboxylic acids is 1. The SMILES string of the molecule is CCOc1ccc(-c2ccc(NC(=O)COc3ccc(Oc4ccccc4)cc3)cc2)nn1. The average molecular weight is 441 g/mol. The molecule has 0 unspecified atom stereocenters. The Bertz CT molecular complexity index is 1160. The van der Waals surface area contributed by atoms with E-state index in [4.69, 9.17) is 14.2 Å². The number of nitrogens with one attached hydrogen (secondary N) is 1. The smallest absolute Gasteiger partial charge is 0.262 e. The minimum Gasteiger partial charge on any atom is -0.484 e. The molecule has 0 radical (unpaired) electrons. The molecule has 7 heteroatoms. The van der Waals surface area contributed by atoms with Crippen LogP contribution in [0, 0.1) is 0 Å². The van der Waals surface area contributed by atoms with Gasteiger partial charge in [-0.15, -0.1) is 10.2 Å². The van der Waals surface area contributed by atoms with Gasteiger partial charge in [0.25, 0.3) is 5.91 Å². The zero-order valence-corrected chi connectivity index (χ0v) is 18.1. The summed E-state index contributed by atoms with van der Waals surface area (Å²) in [6.07, 6.45) is 0. The van der Waals surface area contributed by atoms with Gasteiger partial charge in [-0.3, -0.25) is 4.79 Å². The van der Waals surface area contributed by atoms with E-state index in [1.54, 1.807) is 42.5 Å². The molecule has 0 aliphatic heterocycles. The molecule has 1 heterocycles. The molecular formula is C26H23N3O4. The van der Waals surface area contributed by atoms with Crippen LogP contribution in [0.15, 0.2) is 91.0 Å². The average Bonchev–Trinajstić information content (AvgIpc) is 2.85. The summed E-state index contributed by atoms with van der Waals surface area (Å²) in [7, 11) is 0. The lowest BCUT2D eigenvalue weighted by Gasteiger charge is -2.09. The highest BCUT2D eigenvalue weighted by Crippen LogP contribution is 2.24. The van der Waals surface area contributed by atoms with E-state index in [0.717, 1.165) is 17.0 Å². The van der Waals surface area contributed by atoms with Crippen molar-refractivity contribution in [2.24, 2.45) is 0 Å². The molecular weight excluding hydrogens is 418 g/mol. The molecule has 4 aromatic rings. The lowest BCUT2D eigenvalue weighted by atomic mass is 10.1. The van der Waals surface area contributed by atoms with Gasteiger partial charge in [-0.25, -0.2) is 0 Å². The molecule has 4 rings (SSSR count). The first kappa shape index (κ1) is 21.8. The first-order valence-electron chi connectivity index (χ1n) is 10.5. The Kier molecular flexibility index (Phi) is 7.12. The summed E-state index contributed by atoms with van der Waals surface area (Å²) in [5.41, 5.74) is 2.27. The monoisotopic (exact) mass is 441 g/mol. The van der Waals surface area contributed by atoms with Crippen molar-refractivity contribution in [1.29, 1.82) is 0 Å². The molecule has 0 aliphatic carbocycles. The summed E-state index contributed by atoms with van der Waals surface area (Å²) >= 11 is 0. The second-order valence-corrected chi connectivity index (χ2v) is 6.99. The number of aromatic nitrogens is 2. The minimum atomic E-state index is -0.256. The van der Waals surface area contributed by atoms with E-state index >= 15 is 0 Å². The van der Waals surface area contributed by atoms with Crippen LogP contribution in [0.4, 0.5) is 5.69 Å². The maximum Gasteiger partial charge on any atom is 0.262 e. The van der Waals surface area contributed by atoms with Crippen LogP contribution in [-0.4, -0.2) is 29.3 Å². The molecule has 0 bridgehead atoms. The number of ether oxygens (including phenoxy) is 3. The van der Waals surface area contributed by atoms with Gasteiger partial charge in [-0.2, -0.15) is 0 Å². The van der Waals surface area contributed by atoms with E-state index in [2.05, 4.69) is 15.5 Å². The molecule has 166 valence electrons. The van der Waals surface area contributed by atoms with Gasteiger partial charge < -0.3 is 19.5 Å². The number of para-hydroxylation sites is 1. The molecule has 1 aromatic heterocycles. The van der Waals surface area contributed by atoms with E-state index in [9.17, 15) is 4.79 Å². The van der Waals surface area contributed by atoms with Crippen molar-refractivity contribution in [1.82, 2.24) is 10.2 Å². The number of anilines is 1. The third-order valence-corrected chi connectivity index (χ3v) is 4.57. The number of carbonyl (C=O) groups is 1. The van der Waals surface area contributed by atoms with Gasteiger partial charge in [0.2, 0.25) is 5.88 Å². The highest BCUT2D eigenvalue weighted by Gasteiger charge is 2.06. The van der Waals surface area contributed by atoms with Gasteiger partial charge in [0.1, 0.15) is 17.2 Å². The lowest BCUT2D eigenvalue weighted by molar-refractivity contribution is -0.118. The number of amides is 1. The van der Waals surface area contributed by atoms with Crippen molar-refractivity contribution in [2.75, 3.05) is 18.5 Å². The predicted molar refractivity (Wildman–Crippen MR) is 126 cm³/mol. The number of nitrogens with zero attached hydrogens (tertiary/aromatic N) is 2. The van der Waals surface area contributed by atoms with Crippen molar-refractivity contribution in [3.05, 3.63) is 91.0 Å². The van der Waals surface area contributed by atoms with E-state index in [1.165, 1.54) is 0 Å². The Hall–Kier alpha value is -4.39. The Morgan fingerprint density at radius 1 is 0.758 bits per heavy atom. The van der Waals surface area contributed by atoms with E-state index in [-0.39, 0.29) is 12.5 Å². The molecule has 0 saturated heterocycles. The fourth-order valence-electron chi connectivity index (χ4n) is 3.00. The normalized spacial score (nSPS) is 10.3. The number of hydrogen-bond donors (Lipinski definition) is 1. The first-order chi connectivity index (χ1) is 16.2. The lowest BCUT2D eigenvalue weighted by Crippen LogP contribution is -2.20. The van der Waals surface area contributed by atoms with Crippen molar-refractivity contribution in [3.63, 3.8) is 0 Å². The molecule has 1 N–H and O–H groups in total. The Morgan fingerprint density at radius 2 is 1.45 bits per heavy atom. The van der Waals surface area contributed by atoms with E-state index in [1.807, 2.05) is 55.5 Å². The van der Waals surface area contributed by atoms with Crippen LogP contribution < -0.4 is 19.5 Å². The topological polar surface area (TPSA) is 82.6 Å². The summed E-state index contributed by atoms with van der Waals surface area (Å²) in [5, 5.41) is 11.0. The highest BCUT2D eigenvalue weighted by molar-refractivity contribution is 5.92. The quantitative estimate of drug-likeness (QED) is 0.377. The second kappa shape index (κ2) is 10.8. The Labute approximate surface area is 192 Å². The van der Waals surface area contributed by atoms with Crippen molar-refractivity contribution >= 4 is 11.6 Å². The number of hydrogen-bond acceptors (Lipinski definition) is 6. The molecule has 7 nitrogen and oxygen atoms in total. The molecule has 0 atom stereocenters. The molecule has 0 saturated carbocycles. The maximum atomic E-state index is 12.3. The highest BCUT2D eigenvalue weighted by atomic mass is 16.5. The molecule has 1 amide bonds. The van der Waals surface area contributed by atoms with Crippen LogP contribution in [0.25, 0.3) is 11.3 Å². The maximum absolute atomic E-state index is 12.3. The molecule has 0 fully saturated rings. The van der Waals surface area contributed by atoms with E-state index in [0.29, 0.717) is 29.7 Å². The summed E-state index contributed by atoms with van der Waals surface area (Å²) < 4.78 is 16.6. The van der Waals surface area contributed by atoms with Crippen LogP contribution in [0.2, 0.25) is 0 Å². The van der Waals surface area contributed by atoms with Gasteiger partial charge in [-0.05, 0) is 61.5 Å². The number of benzene rings is 3. The number of rotatable bonds is 9. The van der Waals surface area contributed by atoms with Gasteiger partial charge in [0.05, 0.1) is 12.3 Å². The third kappa shape index (κ3) is 6.30. The molecule has 0 aliphatic rings.